The number of rotatable bonds is 6. The van der Waals surface area contributed by atoms with E-state index in [0.29, 0.717) is 11.8 Å². The number of urea groups is 1. The summed E-state index contributed by atoms with van der Waals surface area (Å²) >= 11 is 0. The number of nitro benzene ring substituents is 1. The van der Waals surface area contributed by atoms with Crippen LogP contribution < -0.4 is 21.7 Å². The molecule has 2 fully saturated rings. The number of nitrogens with two attached hydrogens (primary N) is 1. The molecule has 160 valence electrons. The van der Waals surface area contributed by atoms with Crippen molar-refractivity contribution in [1.82, 2.24) is 16.0 Å². The lowest BCUT2D eigenvalue weighted by Crippen LogP contribution is -2.55. The SMILES string of the molecule is Cl.NC1CC2CCCC(C1)C2NC(=O)CNC(=O)NCc1ccc([N+](=O)[O-])cc1. The van der Waals surface area contributed by atoms with Gasteiger partial charge in [0.15, 0.2) is 0 Å². The van der Waals surface area contributed by atoms with Crippen LogP contribution in [0.4, 0.5) is 10.5 Å². The van der Waals surface area contributed by atoms with Gasteiger partial charge in [-0.15, -0.1) is 12.4 Å². The van der Waals surface area contributed by atoms with Crippen molar-refractivity contribution in [3.05, 3.63) is 39.9 Å². The minimum absolute atomic E-state index is 0. The minimum Gasteiger partial charge on any atom is -0.351 e. The Kier molecular flexibility index (Phi) is 8.21. The van der Waals surface area contributed by atoms with E-state index in [9.17, 15) is 19.7 Å². The van der Waals surface area contributed by atoms with E-state index in [2.05, 4.69) is 16.0 Å². The molecule has 2 unspecified atom stereocenters. The van der Waals surface area contributed by atoms with Gasteiger partial charge in [0.05, 0.1) is 11.5 Å². The summed E-state index contributed by atoms with van der Waals surface area (Å²) in [5.41, 5.74) is 6.84. The number of carbonyl (C=O) groups is 2. The molecule has 0 heterocycles. The zero-order chi connectivity index (χ0) is 20.1. The van der Waals surface area contributed by atoms with Crippen LogP contribution in [-0.4, -0.2) is 35.5 Å². The highest BCUT2D eigenvalue weighted by atomic mass is 35.5. The Morgan fingerprint density at radius 2 is 1.72 bits per heavy atom. The van der Waals surface area contributed by atoms with Gasteiger partial charge in [-0.2, -0.15) is 0 Å². The van der Waals surface area contributed by atoms with Crippen molar-refractivity contribution in [1.29, 1.82) is 0 Å². The fourth-order valence-electron chi connectivity index (χ4n) is 4.40. The molecule has 2 aliphatic carbocycles. The van der Waals surface area contributed by atoms with Gasteiger partial charge in [0.25, 0.3) is 5.69 Å². The van der Waals surface area contributed by atoms with Crippen LogP contribution >= 0.6 is 12.4 Å². The second-order valence-electron chi connectivity index (χ2n) is 7.74. The van der Waals surface area contributed by atoms with E-state index < -0.39 is 11.0 Å². The Bertz CT molecular complexity index is 716. The molecule has 2 saturated carbocycles. The Balaban J connectivity index is 0.00000300. The molecule has 0 radical (unpaired) electrons. The quantitative estimate of drug-likeness (QED) is 0.406. The van der Waals surface area contributed by atoms with Gasteiger partial charge in [0.2, 0.25) is 5.91 Å². The van der Waals surface area contributed by atoms with E-state index >= 15 is 0 Å². The van der Waals surface area contributed by atoms with Crippen LogP contribution in [0.15, 0.2) is 24.3 Å². The number of nitrogens with one attached hydrogen (secondary N) is 3. The number of hydrogen-bond donors (Lipinski definition) is 4. The van der Waals surface area contributed by atoms with Crippen molar-refractivity contribution in [3.8, 4) is 0 Å². The van der Waals surface area contributed by atoms with E-state index in [-0.39, 0.29) is 49.2 Å². The summed E-state index contributed by atoms with van der Waals surface area (Å²) in [6.45, 7) is 0.129. The molecule has 1 aromatic rings. The summed E-state index contributed by atoms with van der Waals surface area (Å²) in [5, 5.41) is 18.9. The number of carbonyl (C=O) groups excluding carboxylic acids is 2. The summed E-state index contributed by atoms with van der Waals surface area (Å²) in [7, 11) is 0. The normalized spacial score (nSPS) is 25.3. The van der Waals surface area contributed by atoms with Gasteiger partial charge in [-0.25, -0.2) is 4.79 Å². The molecule has 0 aromatic heterocycles. The van der Waals surface area contributed by atoms with Gasteiger partial charge >= 0.3 is 6.03 Å². The highest BCUT2D eigenvalue weighted by molar-refractivity contribution is 5.85. The lowest BCUT2D eigenvalue weighted by molar-refractivity contribution is -0.384. The number of benzene rings is 1. The van der Waals surface area contributed by atoms with E-state index in [4.69, 9.17) is 5.73 Å². The molecule has 0 spiro atoms. The highest BCUT2D eigenvalue weighted by Crippen LogP contribution is 2.39. The summed E-state index contributed by atoms with van der Waals surface area (Å²) in [6, 6.07) is 5.86. The lowest BCUT2D eigenvalue weighted by Gasteiger charge is -2.45. The zero-order valence-electron chi connectivity index (χ0n) is 16.1. The third-order valence-corrected chi connectivity index (χ3v) is 5.71. The Morgan fingerprint density at radius 1 is 1.10 bits per heavy atom. The molecule has 3 rings (SSSR count). The van der Waals surface area contributed by atoms with Crippen LogP contribution in [0, 0.1) is 22.0 Å². The van der Waals surface area contributed by atoms with E-state index in [0.717, 1.165) is 31.2 Å². The Morgan fingerprint density at radius 3 is 2.31 bits per heavy atom. The molecule has 10 heteroatoms. The Labute approximate surface area is 175 Å². The molecule has 1 aromatic carbocycles. The number of amides is 3. The molecule has 29 heavy (non-hydrogen) atoms. The summed E-state index contributed by atoms with van der Waals surface area (Å²) in [6.07, 6.45) is 5.28. The summed E-state index contributed by atoms with van der Waals surface area (Å²) in [5.74, 6) is 0.674. The van der Waals surface area contributed by atoms with Crippen molar-refractivity contribution < 1.29 is 14.5 Å². The van der Waals surface area contributed by atoms with Gasteiger partial charge in [0, 0.05) is 30.8 Å². The monoisotopic (exact) mass is 425 g/mol. The topological polar surface area (TPSA) is 139 Å². The first-order valence-corrected chi connectivity index (χ1v) is 9.72. The molecule has 2 bridgehead atoms. The number of nitro groups is 1. The van der Waals surface area contributed by atoms with Gasteiger partial charge in [-0.1, -0.05) is 18.6 Å². The van der Waals surface area contributed by atoms with Crippen LogP contribution in [0.2, 0.25) is 0 Å². The third kappa shape index (κ3) is 6.30. The maximum absolute atomic E-state index is 12.3. The smallest absolute Gasteiger partial charge is 0.315 e. The first kappa shape index (κ1) is 22.9. The molecular formula is C19H28ClN5O4. The first-order valence-electron chi connectivity index (χ1n) is 9.72. The zero-order valence-corrected chi connectivity index (χ0v) is 17.0. The highest BCUT2D eigenvalue weighted by Gasteiger charge is 2.39. The van der Waals surface area contributed by atoms with Gasteiger partial charge in [0.1, 0.15) is 0 Å². The molecule has 0 aliphatic heterocycles. The predicted octanol–water partition coefficient (Wildman–Crippen LogP) is 1.84. The number of halogens is 1. The molecule has 9 nitrogen and oxygen atoms in total. The van der Waals surface area contributed by atoms with Crippen molar-refractivity contribution in [2.24, 2.45) is 17.6 Å². The maximum Gasteiger partial charge on any atom is 0.315 e. The van der Waals surface area contributed by atoms with Gasteiger partial charge in [-0.3, -0.25) is 14.9 Å². The van der Waals surface area contributed by atoms with Gasteiger partial charge < -0.3 is 21.7 Å². The largest absolute Gasteiger partial charge is 0.351 e. The molecule has 3 amide bonds. The van der Waals surface area contributed by atoms with Gasteiger partial charge in [-0.05, 0) is 43.1 Å². The first-order chi connectivity index (χ1) is 13.4. The van der Waals surface area contributed by atoms with Crippen molar-refractivity contribution in [3.63, 3.8) is 0 Å². The van der Waals surface area contributed by atoms with Crippen LogP contribution in [0.5, 0.6) is 0 Å². The molecule has 5 N–H and O–H groups in total. The summed E-state index contributed by atoms with van der Waals surface area (Å²) in [4.78, 5) is 34.3. The second kappa shape index (κ2) is 10.4. The average molecular weight is 426 g/mol. The Hall–Kier alpha value is -2.39. The second-order valence-corrected chi connectivity index (χ2v) is 7.74. The number of non-ortho nitro benzene ring substituents is 1. The number of nitrogens with zero attached hydrogens (tertiary/aromatic N) is 1. The number of hydrogen-bond acceptors (Lipinski definition) is 5. The average Bonchev–Trinajstić information content (AvgIpc) is 2.65. The van der Waals surface area contributed by atoms with Crippen molar-refractivity contribution >= 4 is 30.0 Å². The standard InChI is InChI=1S/C19H27N5O4.ClH/c20-15-8-13-2-1-3-14(9-15)18(13)23-17(25)11-22-19(26)21-10-12-4-6-16(7-5-12)24(27)28;/h4-7,13-15,18H,1-3,8-11,20H2,(H,23,25)(H2,21,22,26);1H. The van der Waals surface area contributed by atoms with Crippen molar-refractivity contribution in [2.45, 2.75) is 50.7 Å². The van der Waals surface area contributed by atoms with Crippen LogP contribution in [0.25, 0.3) is 0 Å². The fraction of sp³-hybridized carbons (Fsp3) is 0.579. The third-order valence-electron chi connectivity index (χ3n) is 5.71. The molecule has 2 aliphatic rings. The molecular weight excluding hydrogens is 398 g/mol. The molecule has 0 saturated heterocycles. The maximum atomic E-state index is 12.3. The van der Waals surface area contributed by atoms with E-state index in [1.165, 1.54) is 18.6 Å². The van der Waals surface area contributed by atoms with Crippen LogP contribution in [-0.2, 0) is 11.3 Å². The van der Waals surface area contributed by atoms with Crippen LogP contribution in [0.3, 0.4) is 0 Å². The lowest BCUT2D eigenvalue weighted by atomic mass is 9.67. The fourth-order valence-corrected chi connectivity index (χ4v) is 4.40. The van der Waals surface area contributed by atoms with E-state index in [1.54, 1.807) is 12.1 Å². The molecule has 2 atom stereocenters. The summed E-state index contributed by atoms with van der Waals surface area (Å²) < 4.78 is 0. The predicted molar refractivity (Wildman–Crippen MR) is 111 cm³/mol. The minimum atomic E-state index is -0.476. The van der Waals surface area contributed by atoms with E-state index in [1.807, 2.05) is 0 Å². The number of fused-ring (bicyclic) bond motifs is 2. The van der Waals surface area contributed by atoms with Crippen LogP contribution in [0.1, 0.15) is 37.7 Å². The van der Waals surface area contributed by atoms with Crippen molar-refractivity contribution in [2.75, 3.05) is 6.54 Å².